The summed E-state index contributed by atoms with van der Waals surface area (Å²) in [5.41, 5.74) is 4.03. The van der Waals surface area contributed by atoms with Crippen molar-refractivity contribution in [1.82, 2.24) is 9.97 Å². The second kappa shape index (κ2) is 6.64. The maximum absolute atomic E-state index is 6.35. The summed E-state index contributed by atoms with van der Waals surface area (Å²) in [6.07, 6.45) is 7.33. The molecule has 0 fully saturated rings. The van der Waals surface area contributed by atoms with Crippen molar-refractivity contribution in [2.45, 2.75) is 25.4 Å². The van der Waals surface area contributed by atoms with Gasteiger partial charge in [-0.2, -0.15) is 0 Å². The van der Waals surface area contributed by atoms with E-state index in [0.717, 1.165) is 33.9 Å². The zero-order chi connectivity index (χ0) is 15.5. The predicted molar refractivity (Wildman–Crippen MR) is 95.4 cm³/mol. The fraction of sp³-hybridized carbons (Fsp3) is 0.278. The Morgan fingerprint density at radius 2 is 2.32 bits per heavy atom. The molecule has 1 aliphatic carbocycles. The van der Waals surface area contributed by atoms with Crippen LogP contribution in [0.15, 0.2) is 41.1 Å². The molecule has 1 N–H and O–H groups in total. The summed E-state index contributed by atoms with van der Waals surface area (Å²) in [4.78, 5) is 7.84. The first-order valence-electron chi connectivity index (χ1n) is 7.34. The highest BCUT2D eigenvalue weighted by Gasteiger charge is 2.09. The van der Waals surface area contributed by atoms with Crippen LogP contribution in [0.25, 0.3) is 11.0 Å². The van der Waals surface area contributed by atoms with Gasteiger partial charge in [-0.1, -0.05) is 65.9 Å². The molecule has 0 bridgehead atoms. The molecule has 1 aromatic carbocycles. The fourth-order valence-corrected chi connectivity index (χ4v) is 3.21. The molecule has 4 heteroatoms. The van der Waals surface area contributed by atoms with Crippen molar-refractivity contribution in [3.05, 3.63) is 46.5 Å². The van der Waals surface area contributed by atoms with Crippen molar-refractivity contribution in [2.75, 3.05) is 5.75 Å². The summed E-state index contributed by atoms with van der Waals surface area (Å²) < 4.78 is 0. The Bertz CT molecular complexity index is 821. The molecule has 0 aliphatic heterocycles. The zero-order valence-electron chi connectivity index (χ0n) is 12.6. The largest absolute Gasteiger partial charge is 0.333 e. The first kappa shape index (κ1) is 15.3. The van der Waals surface area contributed by atoms with Crippen molar-refractivity contribution < 1.29 is 0 Å². The maximum atomic E-state index is 6.35. The van der Waals surface area contributed by atoms with Crippen molar-refractivity contribution in [3.8, 4) is 11.8 Å². The van der Waals surface area contributed by atoms with Gasteiger partial charge in [0.05, 0.1) is 16.1 Å². The second-order valence-corrected chi connectivity index (χ2v) is 6.88. The van der Waals surface area contributed by atoms with Crippen molar-refractivity contribution in [1.29, 1.82) is 0 Å². The van der Waals surface area contributed by atoms with E-state index in [4.69, 9.17) is 11.6 Å². The third kappa shape index (κ3) is 3.24. The van der Waals surface area contributed by atoms with E-state index in [0.29, 0.717) is 5.02 Å². The Balaban J connectivity index is 1.92. The van der Waals surface area contributed by atoms with Crippen LogP contribution in [0.3, 0.4) is 0 Å². The number of imidazole rings is 1. The van der Waals surface area contributed by atoms with Gasteiger partial charge in [0.25, 0.3) is 0 Å². The molecule has 1 aliphatic rings. The van der Waals surface area contributed by atoms with Gasteiger partial charge in [-0.3, -0.25) is 0 Å². The van der Waals surface area contributed by atoms with Crippen molar-refractivity contribution in [3.63, 3.8) is 0 Å². The molecule has 1 atom stereocenters. The minimum Gasteiger partial charge on any atom is -0.333 e. The summed E-state index contributed by atoms with van der Waals surface area (Å²) in [6, 6.07) is 3.88. The first-order valence-corrected chi connectivity index (χ1v) is 8.70. The van der Waals surface area contributed by atoms with Crippen molar-refractivity contribution in [2.24, 2.45) is 5.92 Å². The standard InChI is InChI=1S/C18H17ClN2S/c1-3-22-18-20-16-10-14(15(19)11-17(16)21-18)9-8-13-7-5-4-6-12(13)2/h4-6,10-11,13H,3,7H2,1-2H3,(H,20,21). The van der Waals surface area contributed by atoms with Gasteiger partial charge in [0, 0.05) is 11.5 Å². The molecular weight excluding hydrogens is 312 g/mol. The first-order chi connectivity index (χ1) is 10.7. The lowest BCUT2D eigenvalue weighted by atomic mass is 9.93. The molecular formula is C18H17ClN2S. The zero-order valence-corrected chi connectivity index (χ0v) is 14.2. The van der Waals surface area contributed by atoms with Crippen LogP contribution in [0.1, 0.15) is 25.8 Å². The number of thioether (sulfide) groups is 1. The highest BCUT2D eigenvalue weighted by atomic mass is 35.5. The average molecular weight is 329 g/mol. The third-order valence-corrected chi connectivity index (χ3v) is 4.70. The van der Waals surface area contributed by atoms with Gasteiger partial charge in [0.2, 0.25) is 0 Å². The molecule has 0 saturated heterocycles. The van der Waals surface area contributed by atoms with E-state index in [9.17, 15) is 0 Å². The minimum absolute atomic E-state index is 0.282. The van der Waals surface area contributed by atoms with Crippen LogP contribution in [0.5, 0.6) is 0 Å². The molecule has 2 nitrogen and oxygen atoms in total. The lowest BCUT2D eigenvalue weighted by Crippen LogP contribution is -2.00. The highest BCUT2D eigenvalue weighted by molar-refractivity contribution is 7.99. The Hall–Kier alpha value is -1.63. The van der Waals surface area contributed by atoms with E-state index in [1.807, 2.05) is 12.1 Å². The topological polar surface area (TPSA) is 28.7 Å². The molecule has 1 aromatic heterocycles. The lowest BCUT2D eigenvalue weighted by Gasteiger charge is -2.11. The Morgan fingerprint density at radius 3 is 3.09 bits per heavy atom. The molecule has 1 heterocycles. The van der Waals surface area contributed by atoms with Crippen LogP contribution in [0, 0.1) is 17.8 Å². The van der Waals surface area contributed by atoms with Crippen LogP contribution in [0.4, 0.5) is 0 Å². The summed E-state index contributed by atoms with van der Waals surface area (Å²) in [7, 11) is 0. The van der Waals surface area contributed by atoms with Gasteiger partial charge >= 0.3 is 0 Å². The van der Waals surface area contributed by atoms with E-state index in [2.05, 4.69) is 53.9 Å². The maximum Gasteiger partial charge on any atom is 0.166 e. The number of nitrogens with one attached hydrogen (secondary N) is 1. The van der Waals surface area contributed by atoms with Gasteiger partial charge in [-0.15, -0.1) is 0 Å². The number of rotatable bonds is 2. The quantitative estimate of drug-likeness (QED) is 0.606. The summed E-state index contributed by atoms with van der Waals surface area (Å²) in [6.45, 7) is 4.23. The molecule has 0 amide bonds. The van der Waals surface area contributed by atoms with Crippen molar-refractivity contribution >= 4 is 34.4 Å². The third-order valence-electron chi connectivity index (χ3n) is 3.63. The number of halogens is 1. The highest BCUT2D eigenvalue weighted by Crippen LogP contribution is 2.26. The lowest BCUT2D eigenvalue weighted by molar-refractivity contribution is 0.792. The minimum atomic E-state index is 0.282. The predicted octanol–water partition coefficient (Wildman–Crippen LogP) is 5.20. The van der Waals surface area contributed by atoms with Crippen LogP contribution < -0.4 is 0 Å². The summed E-state index contributed by atoms with van der Waals surface area (Å²) in [5, 5.41) is 1.59. The monoisotopic (exact) mass is 328 g/mol. The van der Waals surface area contributed by atoms with Gasteiger partial charge in [0.1, 0.15) is 0 Å². The fourth-order valence-electron chi connectivity index (χ4n) is 2.38. The Labute approximate surface area is 140 Å². The van der Waals surface area contributed by atoms with Crippen LogP contribution in [0.2, 0.25) is 5.02 Å². The van der Waals surface area contributed by atoms with Gasteiger partial charge in [-0.05, 0) is 31.2 Å². The second-order valence-electron chi connectivity index (χ2n) is 5.22. The van der Waals surface area contributed by atoms with Crippen LogP contribution in [-0.2, 0) is 0 Å². The van der Waals surface area contributed by atoms with Gasteiger partial charge < -0.3 is 4.98 Å². The number of nitrogens with zero attached hydrogens (tertiary/aromatic N) is 1. The molecule has 22 heavy (non-hydrogen) atoms. The molecule has 3 rings (SSSR count). The smallest absolute Gasteiger partial charge is 0.166 e. The molecule has 2 aromatic rings. The van der Waals surface area contributed by atoms with Gasteiger partial charge in [-0.25, -0.2) is 4.98 Å². The number of H-pyrrole nitrogens is 1. The Morgan fingerprint density at radius 1 is 1.45 bits per heavy atom. The molecule has 112 valence electrons. The molecule has 0 radical (unpaired) electrons. The number of hydrogen-bond donors (Lipinski definition) is 1. The number of aromatic amines is 1. The number of fused-ring (bicyclic) bond motifs is 1. The number of allylic oxidation sites excluding steroid dienone is 4. The van der Waals surface area contributed by atoms with E-state index in [1.54, 1.807) is 11.8 Å². The Kier molecular flexibility index (Phi) is 4.61. The molecule has 1 unspecified atom stereocenters. The number of benzene rings is 1. The van der Waals surface area contributed by atoms with Gasteiger partial charge in [0.15, 0.2) is 5.16 Å². The summed E-state index contributed by atoms with van der Waals surface area (Å²) >= 11 is 8.04. The average Bonchev–Trinajstić information content (AvgIpc) is 2.88. The normalized spacial score (nSPS) is 17.2. The van der Waals surface area contributed by atoms with Crippen LogP contribution >= 0.6 is 23.4 Å². The van der Waals surface area contributed by atoms with E-state index < -0.39 is 0 Å². The number of aromatic nitrogens is 2. The molecule has 0 saturated carbocycles. The SMILES string of the molecule is CCSc1nc2cc(Cl)c(C#CC3CC=CC=C3C)cc2[nH]1. The van der Waals surface area contributed by atoms with E-state index in [1.165, 1.54) is 5.57 Å². The number of hydrogen-bond acceptors (Lipinski definition) is 2. The van der Waals surface area contributed by atoms with E-state index in [-0.39, 0.29) is 5.92 Å². The summed E-state index contributed by atoms with van der Waals surface area (Å²) in [5.74, 6) is 7.84. The molecule has 0 spiro atoms. The van der Waals surface area contributed by atoms with Crippen LogP contribution in [-0.4, -0.2) is 15.7 Å². The van der Waals surface area contributed by atoms with E-state index >= 15 is 0 Å².